The van der Waals surface area contributed by atoms with E-state index in [1.165, 1.54) is 0 Å². The van der Waals surface area contributed by atoms with Crippen molar-refractivity contribution in [1.29, 1.82) is 0 Å². The van der Waals surface area contributed by atoms with E-state index in [1.807, 2.05) is 47.1 Å². The topological polar surface area (TPSA) is 73.3 Å². The monoisotopic (exact) mass is 373 g/mol. The molecular formula is C20H24ClN3O2. The van der Waals surface area contributed by atoms with Crippen LogP contribution >= 0.6 is 11.6 Å². The lowest BCUT2D eigenvalue weighted by atomic mass is 9.94. The van der Waals surface area contributed by atoms with Gasteiger partial charge >= 0.3 is 0 Å². The van der Waals surface area contributed by atoms with Crippen molar-refractivity contribution in [3.8, 4) is 5.75 Å². The molecule has 0 aliphatic carbocycles. The van der Waals surface area contributed by atoms with Gasteiger partial charge in [-0.1, -0.05) is 23.7 Å². The van der Waals surface area contributed by atoms with E-state index >= 15 is 0 Å². The Morgan fingerprint density at radius 2 is 1.85 bits per heavy atom. The molecule has 6 heteroatoms. The Labute approximate surface area is 158 Å². The number of hydrogen-bond donors (Lipinski definition) is 2. The van der Waals surface area contributed by atoms with E-state index in [0.717, 1.165) is 16.5 Å². The molecule has 0 saturated carbocycles. The minimum absolute atomic E-state index is 0.0370. The predicted molar refractivity (Wildman–Crippen MR) is 105 cm³/mol. The number of hydrogen-bond acceptors (Lipinski definition) is 4. The van der Waals surface area contributed by atoms with Gasteiger partial charge in [0.05, 0.1) is 18.7 Å². The van der Waals surface area contributed by atoms with Crippen LogP contribution in [0.5, 0.6) is 5.75 Å². The fourth-order valence-corrected chi connectivity index (χ4v) is 3.13. The van der Waals surface area contributed by atoms with E-state index in [4.69, 9.17) is 27.2 Å². The molecule has 2 atom stereocenters. The number of benzene rings is 2. The highest BCUT2D eigenvalue weighted by atomic mass is 35.5. The molecule has 1 heterocycles. The zero-order chi connectivity index (χ0) is 19.1. The maximum absolute atomic E-state index is 10.8. The molecule has 1 aromatic heterocycles. The molecule has 0 radical (unpaired) electrons. The van der Waals surface area contributed by atoms with Crippen LogP contribution in [-0.4, -0.2) is 27.5 Å². The third-order valence-electron chi connectivity index (χ3n) is 4.62. The molecule has 0 bridgehead atoms. The Morgan fingerprint density at radius 3 is 2.42 bits per heavy atom. The Hall–Kier alpha value is -2.08. The first-order chi connectivity index (χ1) is 12.2. The van der Waals surface area contributed by atoms with Gasteiger partial charge in [-0.05, 0) is 56.7 Å². The molecule has 2 aromatic carbocycles. The Bertz CT molecular complexity index is 913. The third kappa shape index (κ3) is 3.43. The first kappa shape index (κ1) is 18.7. The second kappa shape index (κ2) is 6.91. The summed E-state index contributed by atoms with van der Waals surface area (Å²) in [5.41, 5.74) is 7.85. The second-order valence-electron chi connectivity index (χ2n) is 7.16. The molecule has 3 aromatic rings. The van der Waals surface area contributed by atoms with Crippen molar-refractivity contribution in [2.24, 2.45) is 5.73 Å². The van der Waals surface area contributed by atoms with Crippen LogP contribution in [-0.2, 0) is 0 Å². The molecule has 26 heavy (non-hydrogen) atoms. The van der Waals surface area contributed by atoms with Crippen molar-refractivity contribution >= 4 is 22.5 Å². The number of nitrogens with two attached hydrogens (primary N) is 1. The van der Waals surface area contributed by atoms with Gasteiger partial charge in [0.15, 0.2) is 0 Å². The van der Waals surface area contributed by atoms with Gasteiger partial charge < -0.3 is 15.6 Å². The summed E-state index contributed by atoms with van der Waals surface area (Å²) in [6, 6.07) is 13.4. The molecule has 0 saturated heterocycles. The van der Waals surface area contributed by atoms with Crippen LogP contribution in [0.1, 0.15) is 44.2 Å². The normalized spacial score (nSPS) is 14.4. The van der Waals surface area contributed by atoms with Crippen LogP contribution in [0.2, 0.25) is 5.02 Å². The molecule has 0 aliphatic heterocycles. The summed E-state index contributed by atoms with van der Waals surface area (Å²) in [5.74, 6) is 0.708. The highest BCUT2D eigenvalue weighted by molar-refractivity contribution is 6.30. The van der Waals surface area contributed by atoms with Gasteiger partial charge in [0.2, 0.25) is 0 Å². The Kier molecular flexibility index (Phi) is 4.97. The number of rotatable bonds is 5. The molecule has 3 rings (SSSR count). The van der Waals surface area contributed by atoms with Crippen LogP contribution in [0, 0.1) is 0 Å². The number of nitrogens with zero attached hydrogens (tertiary/aromatic N) is 2. The summed E-state index contributed by atoms with van der Waals surface area (Å²) < 4.78 is 7.25. The van der Waals surface area contributed by atoms with Crippen LogP contribution < -0.4 is 10.5 Å². The summed E-state index contributed by atoms with van der Waals surface area (Å²) in [5, 5.41) is 17.0. The summed E-state index contributed by atoms with van der Waals surface area (Å²) in [4.78, 5) is 0. The fraction of sp³-hybridized carbons (Fsp3) is 0.350. The summed E-state index contributed by atoms with van der Waals surface area (Å²) in [7, 11) is 1.62. The highest BCUT2D eigenvalue weighted by Gasteiger charge is 2.30. The Morgan fingerprint density at radius 1 is 1.19 bits per heavy atom. The molecule has 0 amide bonds. The molecular weight excluding hydrogens is 350 g/mol. The largest absolute Gasteiger partial charge is 0.497 e. The lowest BCUT2D eigenvalue weighted by molar-refractivity contribution is 0.101. The van der Waals surface area contributed by atoms with Gasteiger partial charge in [0.1, 0.15) is 17.5 Å². The minimum atomic E-state index is -0.907. The number of aliphatic hydroxyl groups is 1. The van der Waals surface area contributed by atoms with Crippen LogP contribution in [0.3, 0.4) is 0 Å². The third-order valence-corrected chi connectivity index (χ3v) is 4.88. The highest BCUT2D eigenvalue weighted by Crippen LogP contribution is 2.34. The average molecular weight is 374 g/mol. The minimum Gasteiger partial charge on any atom is -0.497 e. The molecule has 5 nitrogen and oxygen atoms in total. The number of aliphatic hydroxyl groups excluding tert-OH is 1. The first-order valence-corrected chi connectivity index (χ1v) is 8.88. The second-order valence-corrected chi connectivity index (χ2v) is 7.60. The van der Waals surface area contributed by atoms with E-state index in [0.29, 0.717) is 16.5 Å². The average Bonchev–Trinajstić information content (AvgIpc) is 2.98. The SMILES string of the molecule is COc1ccc2c(c1)c(C(O)C(C)(C)N)nn2C(C)c1ccc(Cl)cc1. The van der Waals surface area contributed by atoms with E-state index in [9.17, 15) is 5.11 Å². The van der Waals surface area contributed by atoms with Crippen LogP contribution in [0.25, 0.3) is 10.9 Å². The van der Waals surface area contributed by atoms with Crippen molar-refractivity contribution < 1.29 is 9.84 Å². The van der Waals surface area contributed by atoms with E-state index in [-0.39, 0.29) is 6.04 Å². The smallest absolute Gasteiger partial charge is 0.119 e. The summed E-state index contributed by atoms with van der Waals surface area (Å²) in [6.07, 6.45) is -0.907. The maximum Gasteiger partial charge on any atom is 0.119 e. The van der Waals surface area contributed by atoms with Gasteiger partial charge in [-0.25, -0.2) is 0 Å². The van der Waals surface area contributed by atoms with Gasteiger partial charge in [-0.15, -0.1) is 0 Å². The summed E-state index contributed by atoms with van der Waals surface area (Å²) >= 11 is 6.00. The lowest BCUT2D eigenvalue weighted by Gasteiger charge is -2.24. The standard InChI is InChI=1S/C20H24ClN3O2/c1-12(13-5-7-14(21)8-6-13)24-17-10-9-15(26-4)11-16(17)18(23-24)19(25)20(2,3)22/h5-12,19,25H,22H2,1-4H3. The molecule has 0 aliphatic rings. The number of methoxy groups -OCH3 is 1. The number of aromatic nitrogens is 2. The van der Waals surface area contributed by atoms with Crippen molar-refractivity contribution in [2.75, 3.05) is 7.11 Å². The molecule has 2 unspecified atom stereocenters. The summed E-state index contributed by atoms with van der Waals surface area (Å²) in [6.45, 7) is 5.63. The predicted octanol–water partition coefficient (Wildman–Crippen LogP) is 4.08. The van der Waals surface area contributed by atoms with Crippen molar-refractivity contribution in [3.63, 3.8) is 0 Å². The quantitative estimate of drug-likeness (QED) is 0.706. The van der Waals surface area contributed by atoms with Crippen molar-refractivity contribution in [2.45, 2.75) is 38.5 Å². The number of fused-ring (bicyclic) bond motifs is 1. The first-order valence-electron chi connectivity index (χ1n) is 8.51. The molecule has 138 valence electrons. The zero-order valence-corrected chi connectivity index (χ0v) is 16.2. The molecule has 0 fully saturated rings. The van der Waals surface area contributed by atoms with Gasteiger partial charge in [-0.3, -0.25) is 4.68 Å². The lowest BCUT2D eigenvalue weighted by Crippen LogP contribution is -2.39. The van der Waals surface area contributed by atoms with Gasteiger partial charge in [0.25, 0.3) is 0 Å². The molecule has 0 spiro atoms. The van der Waals surface area contributed by atoms with Crippen LogP contribution in [0.15, 0.2) is 42.5 Å². The van der Waals surface area contributed by atoms with Crippen LogP contribution in [0.4, 0.5) is 0 Å². The van der Waals surface area contributed by atoms with Crippen molar-refractivity contribution in [1.82, 2.24) is 9.78 Å². The van der Waals surface area contributed by atoms with Gasteiger partial charge in [-0.2, -0.15) is 5.10 Å². The van der Waals surface area contributed by atoms with Gasteiger partial charge in [0, 0.05) is 15.9 Å². The van der Waals surface area contributed by atoms with E-state index in [1.54, 1.807) is 21.0 Å². The fourth-order valence-electron chi connectivity index (χ4n) is 3.00. The Balaban J connectivity index is 2.18. The zero-order valence-electron chi connectivity index (χ0n) is 15.4. The maximum atomic E-state index is 10.8. The van der Waals surface area contributed by atoms with E-state index in [2.05, 4.69) is 6.92 Å². The van der Waals surface area contributed by atoms with Crippen molar-refractivity contribution in [3.05, 3.63) is 58.7 Å². The number of ether oxygens (including phenoxy) is 1. The molecule has 3 N–H and O–H groups in total. The van der Waals surface area contributed by atoms with E-state index < -0.39 is 11.6 Å². The number of halogens is 1.